The van der Waals surface area contributed by atoms with Gasteiger partial charge in [0.1, 0.15) is 0 Å². The van der Waals surface area contributed by atoms with Gasteiger partial charge in [-0.2, -0.15) is 0 Å². The number of hydrogen-bond acceptors (Lipinski definition) is 5. The molecule has 0 radical (unpaired) electrons. The summed E-state index contributed by atoms with van der Waals surface area (Å²) in [5, 5.41) is 0. The fourth-order valence-electron chi connectivity index (χ4n) is 3.32. The van der Waals surface area contributed by atoms with Crippen molar-refractivity contribution in [3.05, 3.63) is 23.8 Å². The molecule has 1 unspecified atom stereocenters. The minimum absolute atomic E-state index is 0. The van der Waals surface area contributed by atoms with E-state index in [0.29, 0.717) is 18.5 Å². The number of ether oxygens (including phenoxy) is 3. The predicted octanol–water partition coefficient (Wildman–Crippen LogP) is 2.10. The molecule has 0 bridgehead atoms. The van der Waals surface area contributed by atoms with Gasteiger partial charge >= 0.3 is 0 Å². The Morgan fingerprint density at radius 2 is 1.93 bits per heavy atom. The lowest BCUT2D eigenvalue weighted by atomic mass is 10.0. The maximum Gasteiger partial charge on any atom is 0.191 e. The maximum atomic E-state index is 6.20. The zero-order chi connectivity index (χ0) is 18.5. The molecule has 1 heterocycles. The van der Waals surface area contributed by atoms with Crippen LogP contribution in [0.3, 0.4) is 0 Å². The van der Waals surface area contributed by atoms with Gasteiger partial charge < -0.3 is 24.8 Å². The third kappa shape index (κ3) is 5.61. The largest absolute Gasteiger partial charge is 0.493 e. The van der Waals surface area contributed by atoms with Crippen LogP contribution in [0, 0.1) is 0 Å². The molecule has 2 N–H and O–H groups in total. The van der Waals surface area contributed by atoms with Crippen molar-refractivity contribution in [1.29, 1.82) is 0 Å². The monoisotopic (exact) mass is 490 g/mol. The van der Waals surface area contributed by atoms with E-state index in [-0.39, 0.29) is 30.0 Å². The molecule has 1 aliphatic carbocycles. The van der Waals surface area contributed by atoms with Crippen molar-refractivity contribution in [2.24, 2.45) is 10.7 Å². The zero-order valence-electron chi connectivity index (χ0n) is 16.4. The Bertz CT molecular complexity index is 633. The lowest BCUT2D eigenvalue weighted by molar-refractivity contribution is 0.0179. The highest BCUT2D eigenvalue weighted by Crippen LogP contribution is 2.32. The quantitative estimate of drug-likeness (QED) is 0.359. The number of hydrogen-bond donors (Lipinski definition) is 1. The number of morpholine rings is 1. The fraction of sp³-hybridized carbons (Fsp3) is 0.632. The Labute approximate surface area is 178 Å². The average Bonchev–Trinajstić information content (AvgIpc) is 3.53. The molecule has 1 saturated heterocycles. The molecule has 8 heteroatoms. The first-order chi connectivity index (χ1) is 12.6. The highest BCUT2D eigenvalue weighted by Gasteiger charge is 2.28. The number of benzene rings is 1. The molecular weight excluding hydrogens is 459 g/mol. The van der Waals surface area contributed by atoms with Gasteiger partial charge in [-0.1, -0.05) is 6.07 Å². The first-order valence-corrected chi connectivity index (χ1v) is 9.20. The van der Waals surface area contributed by atoms with Gasteiger partial charge in [-0.05, 0) is 30.5 Å². The molecule has 0 amide bonds. The smallest absolute Gasteiger partial charge is 0.191 e. The van der Waals surface area contributed by atoms with E-state index < -0.39 is 0 Å². The van der Waals surface area contributed by atoms with Crippen LogP contribution in [-0.2, 0) is 4.74 Å². The molecule has 152 valence electrons. The van der Waals surface area contributed by atoms with Gasteiger partial charge in [-0.25, -0.2) is 0 Å². The summed E-state index contributed by atoms with van der Waals surface area (Å²) in [5.74, 6) is 2.08. The molecule has 1 atom stereocenters. The molecule has 1 aromatic rings. The SMILES string of the molecule is COc1ccc(C(CN=C(N)N(C)C2CC2)N2CCOCC2)cc1OC.I. The summed E-state index contributed by atoms with van der Waals surface area (Å²) in [6, 6.07) is 6.75. The number of nitrogens with zero attached hydrogens (tertiary/aromatic N) is 3. The number of halogens is 1. The van der Waals surface area contributed by atoms with Crippen molar-refractivity contribution < 1.29 is 14.2 Å². The van der Waals surface area contributed by atoms with Crippen molar-refractivity contribution in [2.45, 2.75) is 24.9 Å². The van der Waals surface area contributed by atoms with Crippen LogP contribution < -0.4 is 15.2 Å². The average molecular weight is 490 g/mol. The standard InChI is InChI=1S/C19H30N4O3.HI/c1-22(15-5-6-15)19(20)21-13-16(23-8-10-26-11-9-23)14-4-7-17(24-2)18(12-14)25-3;/h4,7,12,15-16H,5-6,8-11,13H2,1-3H3,(H2,20,21);1H. The van der Waals surface area contributed by atoms with E-state index in [1.807, 2.05) is 19.2 Å². The van der Waals surface area contributed by atoms with Crippen LogP contribution in [0.4, 0.5) is 0 Å². The van der Waals surface area contributed by atoms with Crippen molar-refractivity contribution in [3.8, 4) is 11.5 Å². The third-order valence-electron chi connectivity index (χ3n) is 5.16. The van der Waals surface area contributed by atoms with Gasteiger partial charge in [0.2, 0.25) is 0 Å². The van der Waals surface area contributed by atoms with Gasteiger partial charge in [-0.3, -0.25) is 9.89 Å². The van der Waals surface area contributed by atoms with E-state index in [9.17, 15) is 0 Å². The molecule has 2 aliphatic rings. The number of nitrogens with two attached hydrogens (primary N) is 1. The number of aliphatic imine (C=N–C) groups is 1. The molecule has 7 nitrogen and oxygen atoms in total. The lowest BCUT2D eigenvalue weighted by Crippen LogP contribution is -2.41. The van der Waals surface area contributed by atoms with Crippen molar-refractivity contribution >= 4 is 29.9 Å². The molecule has 1 aliphatic heterocycles. The summed E-state index contributed by atoms with van der Waals surface area (Å²) < 4.78 is 16.4. The van der Waals surface area contributed by atoms with Crippen LogP contribution in [0.1, 0.15) is 24.4 Å². The molecule has 0 aromatic heterocycles. The molecular formula is C19H31IN4O3. The van der Waals surface area contributed by atoms with Crippen LogP contribution in [0.15, 0.2) is 23.2 Å². The Morgan fingerprint density at radius 3 is 2.52 bits per heavy atom. The zero-order valence-corrected chi connectivity index (χ0v) is 18.7. The van der Waals surface area contributed by atoms with Crippen LogP contribution in [0.25, 0.3) is 0 Å². The summed E-state index contributed by atoms with van der Waals surface area (Å²) in [6.45, 7) is 3.86. The molecule has 1 saturated carbocycles. The molecule has 1 aromatic carbocycles. The highest BCUT2D eigenvalue weighted by atomic mass is 127. The summed E-state index contributed by atoms with van der Waals surface area (Å²) in [4.78, 5) is 9.19. The molecule has 2 fully saturated rings. The van der Waals surface area contributed by atoms with Gasteiger partial charge in [-0.15, -0.1) is 24.0 Å². The number of methoxy groups -OCH3 is 2. The number of rotatable bonds is 7. The highest BCUT2D eigenvalue weighted by molar-refractivity contribution is 14.0. The van der Waals surface area contributed by atoms with Crippen molar-refractivity contribution in [3.63, 3.8) is 0 Å². The molecule has 27 heavy (non-hydrogen) atoms. The van der Waals surface area contributed by atoms with Crippen LogP contribution in [0.5, 0.6) is 11.5 Å². The summed E-state index contributed by atoms with van der Waals surface area (Å²) in [5.41, 5.74) is 7.35. The van der Waals surface area contributed by atoms with Crippen molar-refractivity contribution in [2.75, 3.05) is 54.1 Å². The maximum absolute atomic E-state index is 6.20. The van der Waals surface area contributed by atoms with E-state index >= 15 is 0 Å². The lowest BCUT2D eigenvalue weighted by Gasteiger charge is -2.34. The second-order valence-electron chi connectivity index (χ2n) is 6.82. The van der Waals surface area contributed by atoms with E-state index in [2.05, 4.69) is 15.9 Å². The van der Waals surface area contributed by atoms with E-state index in [1.54, 1.807) is 14.2 Å². The van der Waals surface area contributed by atoms with E-state index in [4.69, 9.17) is 24.9 Å². The molecule has 0 spiro atoms. The summed E-state index contributed by atoms with van der Waals surface area (Å²) >= 11 is 0. The van der Waals surface area contributed by atoms with Gasteiger partial charge in [0.05, 0.1) is 40.0 Å². The second kappa shape index (κ2) is 10.3. The minimum Gasteiger partial charge on any atom is -0.493 e. The fourth-order valence-corrected chi connectivity index (χ4v) is 3.32. The Hall–Kier alpha value is -1.26. The second-order valence-corrected chi connectivity index (χ2v) is 6.82. The third-order valence-corrected chi connectivity index (χ3v) is 5.16. The van der Waals surface area contributed by atoms with E-state index in [0.717, 1.165) is 43.4 Å². The summed E-state index contributed by atoms with van der Waals surface area (Å²) in [6.07, 6.45) is 2.41. The van der Waals surface area contributed by atoms with Gasteiger partial charge in [0.15, 0.2) is 17.5 Å². The van der Waals surface area contributed by atoms with Crippen molar-refractivity contribution in [1.82, 2.24) is 9.80 Å². The Kier molecular flexibility index (Phi) is 8.43. The van der Waals surface area contributed by atoms with E-state index in [1.165, 1.54) is 12.8 Å². The van der Waals surface area contributed by atoms with Gasteiger partial charge in [0.25, 0.3) is 0 Å². The first-order valence-electron chi connectivity index (χ1n) is 9.20. The van der Waals surface area contributed by atoms with Crippen LogP contribution in [0.2, 0.25) is 0 Å². The van der Waals surface area contributed by atoms with Gasteiger partial charge in [0, 0.05) is 26.2 Å². The summed E-state index contributed by atoms with van der Waals surface area (Å²) in [7, 11) is 5.33. The minimum atomic E-state index is 0. The Balaban J connectivity index is 0.00000261. The predicted molar refractivity (Wildman–Crippen MR) is 117 cm³/mol. The topological polar surface area (TPSA) is 72.6 Å². The number of guanidine groups is 1. The Morgan fingerprint density at radius 1 is 1.26 bits per heavy atom. The first kappa shape index (κ1) is 22.0. The molecule has 3 rings (SSSR count). The van der Waals surface area contributed by atoms with Crippen LogP contribution in [-0.4, -0.2) is 75.9 Å². The van der Waals surface area contributed by atoms with Crippen LogP contribution >= 0.6 is 24.0 Å². The normalized spacial score (nSPS) is 19.1.